The molecule has 1 fully saturated rings. The summed E-state index contributed by atoms with van der Waals surface area (Å²) in [7, 11) is 0. The summed E-state index contributed by atoms with van der Waals surface area (Å²) < 4.78 is 0. The monoisotopic (exact) mass is 271 g/mol. The Hall–Kier alpha value is 0.310. The fourth-order valence-electron chi connectivity index (χ4n) is 3.35. The molecule has 0 spiro atoms. The van der Waals surface area contributed by atoms with E-state index in [9.17, 15) is 0 Å². The minimum Gasteiger partial charge on any atom is -0.330 e. The van der Waals surface area contributed by atoms with Crippen LogP contribution in [-0.4, -0.2) is 18.1 Å². The maximum absolute atomic E-state index is 6.10. The second-order valence-electron chi connectivity index (χ2n) is 7.14. The van der Waals surface area contributed by atoms with Gasteiger partial charge < -0.3 is 5.73 Å². The molecular weight excluding hydrogens is 238 g/mol. The molecule has 0 aromatic rings. The molecule has 1 saturated carbocycles. The van der Waals surface area contributed by atoms with Crippen LogP contribution in [0, 0.1) is 16.7 Å². The lowest BCUT2D eigenvalue weighted by atomic mass is 9.63. The van der Waals surface area contributed by atoms with E-state index in [0.717, 1.165) is 12.5 Å². The van der Waals surface area contributed by atoms with Crippen LogP contribution in [-0.2, 0) is 0 Å². The number of nitrogens with two attached hydrogens (primary N) is 1. The van der Waals surface area contributed by atoms with Crippen LogP contribution in [0.5, 0.6) is 0 Å². The number of hydrogen-bond donors (Lipinski definition) is 1. The Bertz CT molecular complexity index is 224. The van der Waals surface area contributed by atoms with Gasteiger partial charge in [-0.2, -0.15) is 11.8 Å². The Morgan fingerprint density at radius 2 is 1.83 bits per heavy atom. The van der Waals surface area contributed by atoms with Gasteiger partial charge in [0.15, 0.2) is 0 Å². The van der Waals surface area contributed by atoms with Gasteiger partial charge in [0.1, 0.15) is 0 Å². The van der Waals surface area contributed by atoms with Crippen molar-refractivity contribution in [1.29, 1.82) is 0 Å². The summed E-state index contributed by atoms with van der Waals surface area (Å²) in [4.78, 5) is 0. The van der Waals surface area contributed by atoms with Crippen molar-refractivity contribution in [1.82, 2.24) is 0 Å². The van der Waals surface area contributed by atoms with Crippen LogP contribution in [0.4, 0.5) is 0 Å². The largest absolute Gasteiger partial charge is 0.330 e. The molecule has 0 radical (unpaired) electrons. The molecule has 1 aliphatic carbocycles. The summed E-state index contributed by atoms with van der Waals surface area (Å²) >= 11 is 2.07. The van der Waals surface area contributed by atoms with Crippen molar-refractivity contribution in [3.8, 4) is 0 Å². The van der Waals surface area contributed by atoms with E-state index >= 15 is 0 Å². The van der Waals surface area contributed by atoms with Gasteiger partial charge in [-0.25, -0.2) is 0 Å². The minimum atomic E-state index is 0.482. The van der Waals surface area contributed by atoms with Crippen LogP contribution in [0.15, 0.2) is 0 Å². The summed E-state index contributed by atoms with van der Waals surface area (Å²) in [5.74, 6) is 3.48. The SMILES string of the molecule is CCSCCCC1(CN)CCC(C(C)(C)C)CC1. The zero-order valence-corrected chi connectivity index (χ0v) is 13.7. The number of hydrogen-bond acceptors (Lipinski definition) is 2. The zero-order valence-electron chi connectivity index (χ0n) is 12.9. The second-order valence-corrected chi connectivity index (χ2v) is 8.54. The van der Waals surface area contributed by atoms with Crippen LogP contribution in [0.2, 0.25) is 0 Å². The third-order valence-electron chi connectivity index (χ3n) is 4.90. The first-order valence-electron chi connectivity index (χ1n) is 7.71. The van der Waals surface area contributed by atoms with Crippen molar-refractivity contribution in [2.45, 2.75) is 66.2 Å². The maximum Gasteiger partial charge on any atom is -0.00205 e. The Kier molecular flexibility index (Phi) is 6.54. The summed E-state index contributed by atoms with van der Waals surface area (Å²) in [6.07, 6.45) is 8.22. The molecule has 0 saturated heterocycles. The lowest BCUT2D eigenvalue weighted by Crippen LogP contribution is -2.37. The normalized spacial score (nSPS) is 29.5. The van der Waals surface area contributed by atoms with Crippen molar-refractivity contribution in [2.24, 2.45) is 22.5 Å². The fourth-order valence-corrected chi connectivity index (χ4v) is 3.98. The van der Waals surface area contributed by atoms with Gasteiger partial charge in [-0.05, 0) is 73.3 Å². The second kappa shape index (κ2) is 7.19. The topological polar surface area (TPSA) is 26.0 Å². The molecule has 0 amide bonds. The van der Waals surface area contributed by atoms with Crippen molar-refractivity contribution >= 4 is 11.8 Å². The smallest absolute Gasteiger partial charge is 0.00205 e. The number of thioether (sulfide) groups is 1. The van der Waals surface area contributed by atoms with Crippen LogP contribution in [0.1, 0.15) is 66.2 Å². The molecule has 1 nitrogen and oxygen atoms in total. The van der Waals surface area contributed by atoms with Crippen molar-refractivity contribution in [2.75, 3.05) is 18.1 Å². The summed E-state index contributed by atoms with van der Waals surface area (Å²) in [5.41, 5.74) is 7.07. The van der Waals surface area contributed by atoms with E-state index in [1.54, 1.807) is 0 Å². The average molecular weight is 272 g/mol. The predicted octanol–water partition coefficient (Wildman–Crippen LogP) is 4.70. The van der Waals surface area contributed by atoms with E-state index in [0.29, 0.717) is 10.8 Å². The quantitative estimate of drug-likeness (QED) is 0.709. The highest BCUT2D eigenvalue weighted by atomic mass is 32.2. The first-order valence-corrected chi connectivity index (χ1v) is 8.87. The molecule has 2 heteroatoms. The van der Waals surface area contributed by atoms with Gasteiger partial charge in [0.25, 0.3) is 0 Å². The molecular formula is C16H33NS. The Morgan fingerprint density at radius 1 is 1.22 bits per heavy atom. The molecule has 0 unspecified atom stereocenters. The fraction of sp³-hybridized carbons (Fsp3) is 1.00. The Labute approximate surface area is 119 Å². The van der Waals surface area contributed by atoms with Gasteiger partial charge >= 0.3 is 0 Å². The highest BCUT2D eigenvalue weighted by molar-refractivity contribution is 7.99. The lowest BCUT2D eigenvalue weighted by Gasteiger charge is -2.44. The van der Waals surface area contributed by atoms with Crippen LogP contribution in [0.25, 0.3) is 0 Å². The molecule has 0 aliphatic heterocycles. The molecule has 1 rings (SSSR count). The average Bonchev–Trinajstić information content (AvgIpc) is 2.34. The third kappa shape index (κ3) is 4.77. The van der Waals surface area contributed by atoms with E-state index in [1.165, 1.54) is 50.0 Å². The minimum absolute atomic E-state index is 0.482. The van der Waals surface area contributed by atoms with Crippen LogP contribution >= 0.6 is 11.8 Å². The van der Waals surface area contributed by atoms with Gasteiger partial charge in [-0.1, -0.05) is 27.7 Å². The Balaban J connectivity index is 2.40. The molecule has 1 aliphatic rings. The standard InChI is InChI=1S/C16H33NS/c1-5-18-12-6-9-16(13-17)10-7-14(8-11-16)15(2,3)4/h14H,5-13,17H2,1-4H3. The predicted molar refractivity (Wildman–Crippen MR) is 85.1 cm³/mol. The molecule has 108 valence electrons. The highest BCUT2D eigenvalue weighted by Crippen LogP contribution is 2.47. The molecule has 0 aromatic carbocycles. The van der Waals surface area contributed by atoms with E-state index in [2.05, 4.69) is 39.5 Å². The summed E-state index contributed by atoms with van der Waals surface area (Å²) in [6.45, 7) is 10.3. The van der Waals surface area contributed by atoms with Gasteiger partial charge in [-0.15, -0.1) is 0 Å². The van der Waals surface area contributed by atoms with Crippen molar-refractivity contribution < 1.29 is 0 Å². The van der Waals surface area contributed by atoms with E-state index < -0.39 is 0 Å². The molecule has 18 heavy (non-hydrogen) atoms. The van der Waals surface area contributed by atoms with Crippen molar-refractivity contribution in [3.05, 3.63) is 0 Å². The number of rotatable bonds is 6. The Morgan fingerprint density at radius 3 is 2.28 bits per heavy atom. The first-order chi connectivity index (χ1) is 8.43. The van der Waals surface area contributed by atoms with Gasteiger partial charge in [0, 0.05) is 0 Å². The highest BCUT2D eigenvalue weighted by Gasteiger charge is 2.37. The molecule has 0 aromatic heterocycles. The molecule has 0 bridgehead atoms. The third-order valence-corrected chi connectivity index (χ3v) is 5.89. The van der Waals surface area contributed by atoms with E-state index in [1.807, 2.05) is 0 Å². The molecule has 0 atom stereocenters. The van der Waals surface area contributed by atoms with Crippen LogP contribution < -0.4 is 5.73 Å². The summed E-state index contributed by atoms with van der Waals surface area (Å²) in [6, 6.07) is 0. The lowest BCUT2D eigenvalue weighted by molar-refractivity contribution is 0.0859. The van der Waals surface area contributed by atoms with Crippen LogP contribution in [0.3, 0.4) is 0 Å². The molecule has 0 heterocycles. The maximum atomic E-state index is 6.10. The van der Waals surface area contributed by atoms with Crippen molar-refractivity contribution in [3.63, 3.8) is 0 Å². The van der Waals surface area contributed by atoms with E-state index in [-0.39, 0.29) is 0 Å². The van der Waals surface area contributed by atoms with Gasteiger partial charge in [0.2, 0.25) is 0 Å². The zero-order chi connectivity index (χ0) is 13.6. The molecule has 2 N–H and O–H groups in total. The first kappa shape index (κ1) is 16.4. The van der Waals surface area contributed by atoms with Gasteiger partial charge in [-0.3, -0.25) is 0 Å². The summed E-state index contributed by atoms with van der Waals surface area (Å²) in [5, 5.41) is 0. The van der Waals surface area contributed by atoms with Gasteiger partial charge in [0.05, 0.1) is 0 Å². The van der Waals surface area contributed by atoms with E-state index in [4.69, 9.17) is 5.73 Å².